The van der Waals surface area contributed by atoms with Crippen molar-refractivity contribution in [3.63, 3.8) is 0 Å². The summed E-state index contributed by atoms with van der Waals surface area (Å²) in [5.41, 5.74) is 0.712. The molecule has 1 aromatic rings. The lowest BCUT2D eigenvalue weighted by molar-refractivity contribution is 0.273. The van der Waals surface area contributed by atoms with Crippen LogP contribution in [0.1, 0.15) is 5.69 Å². The van der Waals surface area contributed by atoms with Gasteiger partial charge in [-0.05, 0) is 12.1 Å². The Labute approximate surface area is 124 Å². The minimum Gasteiger partial charge on any atom is -0.261 e. The van der Waals surface area contributed by atoms with Gasteiger partial charge in [0, 0.05) is 44.5 Å². The molecule has 1 saturated heterocycles. The third-order valence-corrected chi connectivity index (χ3v) is 6.25. The van der Waals surface area contributed by atoms with Gasteiger partial charge in [0.05, 0.1) is 5.75 Å². The van der Waals surface area contributed by atoms with E-state index >= 15 is 0 Å². The van der Waals surface area contributed by atoms with Crippen molar-refractivity contribution in [2.45, 2.75) is 6.42 Å². The van der Waals surface area contributed by atoms with E-state index < -0.39 is 20.2 Å². The molecular weight excluding hydrogens is 316 g/mol. The van der Waals surface area contributed by atoms with Gasteiger partial charge in [-0.3, -0.25) is 4.98 Å². The number of nitrogens with zero attached hydrogens (tertiary/aromatic N) is 3. The number of rotatable bonds is 5. The van der Waals surface area contributed by atoms with E-state index in [-0.39, 0.29) is 31.9 Å². The van der Waals surface area contributed by atoms with Crippen LogP contribution in [0.3, 0.4) is 0 Å². The summed E-state index contributed by atoms with van der Waals surface area (Å²) < 4.78 is 49.2. The monoisotopic (exact) mass is 334 g/mol. The van der Waals surface area contributed by atoms with E-state index in [9.17, 15) is 16.8 Å². The molecule has 0 atom stereocenters. The fourth-order valence-corrected chi connectivity index (χ4v) is 4.23. The van der Waals surface area contributed by atoms with Crippen LogP contribution in [0.4, 0.5) is 0 Å². The van der Waals surface area contributed by atoms with Gasteiger partial charge in [0.25, 0.3) is 10.2 Å². The molecule has 0 radical (unpaired) electrons. The zero-order valence-corrected chi connectivity index (χ0v) is 13.1. The minimum atomic E-state index is -3.75. The Morgan fingerprint density at radius 2 is 1.67 bits per heavy atom. The third-order valence-electron chi connectivity index (χ3n) is 3.29. The van der Waals surface area contributed by atoms with E-state index in [1.54, 1.807) is 24.4 Å². The number of hydrogen-bond acceptors (Lipinski definition) is 5. The van der Waals surface area contributed by atoms with E-state index in [1.165, 1.54) is 4.31 Å². The van der Waals surface area contributed by atoms with Crippen molar-refractivity contribution in [2.75, 3.05) is 31.9 Å². The molecule has 0 amide bonds. The standard InChI is InChI=1S/C11H18N4O4S2/c12-21(18,19)15-8-6-14(7-9-15)20(16,17)10-4-11-3-1-2-5-13-11/h1-3,5H,4,6-10H2,(H2,12,18,19). The van der Waals surface area contributed by atoms with Crippen molar-refractivity contribution in [3.05, 3.63) is 30.1 Å². The molecule has 2 heterocycles. The molecule has 118 valence electrons. The molecule has 2 N–H and O–H groups in total. The molecule has 1 fully saturated rings. The summed E-state index contributed by atoms with van der Waals surface area (Å²) in [6.07, 6.45) is 1.95. The average molecular weight is 334 g/mol. The molecule has 0 unspecified atom stereocenters. The Morgan fingerprint density at radius 1 is 1.05 bits per heavy atom. The largest absolute Gasteiger partial charge is 0.276 e. The van der Waals surface area contributed by atoms with Crippen molar-refractivity contribution in [1.29, 1.82) is 0 Å². The first-order chi connectivity index (χ1) is 9.79. The number of aryl methyl sites for hydroxylation is 1. The Balaban J connectivity index is 1.93. The number of sulfonamides is 1. The molecule has 10 heteroatoms. The van der Waals surface area contributed by atoms with Crippen LogP contribution in [-0.4, -0.2) is 62.4 Å². The first-order valence-electron chi connectivity index (χ1n) is 6.45. The predicted molar refractivity (Wildman–Crippen MR) is 78.0 cm³/mol. The highest BCUT2D eigenvalue weighted by Crippen LogP contribution is 2.11. The topological polar surface area (TPSA) is 114 Å². The highest BCUT2D eigenvalue weighted by atomic mass is 32.2. The van der Waals surface area contributed by atoms with Crippen LogP contribution in [0.15, 0.2) is 24.4 Å². The van der Waals surface area contributed by atoms with Crippen LogP contribution in [0.5, 0.6) is 0 Å². The number of aromatic nitrogens is 1. The lowest BCUT2D eigenvalue weighted by Crippen LogP contribution is -2.52. The van der Waals surface area contributed by atoms with Gasteiger partial charge in [0.1, 0.15) is 0 Å². The Hall–Kier alpha value is -1.07. The molecule has 0 aliphatic carbocycles. The molecule has 21 heavy (non-hydrogen) atoms. The highest BCUT2D eigenvalue weighted by molar-refractivity contribution is 7.89. The normalized spacial score (nSPS) is 18.7. The zero-order chi connectivity index (χ0) is 15.5. The van der Waals surface area contributed by atoms with E-state index in [0.717, 1.165) is 4.31 Å². The second-order valence-electron chi connectivity index (χ2n) is 4.73. The first-order valence-corrected chi connectivity index (χ1v) is 9.56. The van der Waals surface area contributed by atoms with Crippen LogP contribution >= 0.6 is 0 Å². The van der Waals surface area contributed by atoms with Crippen LogP contribution in [0.2, 0.25) is 0 Å². The maximum Gasteiger partial charge on any atom is 0.276 e. The molecule has 0 saturated carbocycles. The summed E-state index contributed by atoms with van der Waals surface area (Å²) in [7, 11) is -7.17. The lowest BCUT2D eigenvalue weighted by atomic mass is 10.3. The molecule has 1 aromatic heterocycles. The number of pyridine rings is 1. The van der Waals surface area contributed by atoms with Crippen molar-refractivity contribution in [3.8, 4) is 0 Å². The van der Waals surface area contributed by atoms with Gasteiger partial charge in [0.2, 0.25) is 10.0 Å². The summed E-state index contributed by atoms with van der Waals surface area (Å²) >= 11 is 0. The summed E-state index contributed by atoms with van der Waals surface area (Å²) in [5.74, 6) is -0.0423. The molecule has 0 spiro atoms. The molecule has 1 aliphatic heterocycles. The quantitative estimate of drug-likeness (QED) is 0.724. The molecule has 1 aliphatic rings. The zero-order valence-electron chi connectivity index (χ0n) is 11.4. The lowest BCUT2D eigenvalue weighted by Gasteiger charge is -2.32. The third kappa shape index (κ3) is 4.45. The molecule has 0 bridgehead atoms. The van der Waals surface area contributed by atoms with Crippen molar-refractivity contribution >= 4 is 20.2 Å². The van der Waals surface area contributed by atoms with Crippen LogP contribution in [0.25, 0.3) is 0 Å². The smallest absolute Gasteiger partial charge is 0.261 e. The highest BCUT2D eigenvalue weighted by Gasteiger charge is 2.30. The van der Waals surface area contributed by atoms with E-state index in [4.69, 9.17) is 5.14 Å². The van der Waals surface area contributed by atoms with Gasteiger partial charge in [-0.2, -0.15) is 17.0 Å². The van der Waals surface area contributed by atoms with Crippen LogP contribution in [0, 0.1) is 0 Å². The second-order valence-corrected chi connectivity index (χ2v) is 8.36. The summed E-state index contributed by atoms with van der Waals surface area (Å²) in [6, 6.07) is 5.35. The second kappa shape index (κ2) is 6.36. The van der Waals surface area contributed by atoms with Crippen molar-refractivity contribution < 1.29 is 16.8 Å². The maximum absolute atomic E-state index is 12.2. The summed E-state index contributed by atoms with van der Waals surface area (Å²) in [5, 5.41) is 5.02. The van der Waals surface area contributed by atoms with Crippen LogP contribution in [-0.2, 0) is 26.7 Å². The Kier molecular flexibility index (Phi) is 4.94. The van der Waals surface area contributed by atoms with Crippen LogP contribution < -0.4 is 5.14 Å². The van der Waals surface area contributed by atoms with E-state index in [0.29, 0.717) is 12.1 Å². The van der Waals surface area contributed by atoms with Gasteiger partial charge >= 0.3 is 0 Å². The maximum atomic E-state index is 12.2. The Morgan fingerprint density at radius 3 is 2.19 bits per heavy atom. The SMILES string of the molecule is NS(=O)(=O)N1CCN(S(=O)(=O)CCc2ccccn2)CC1. The van der Waals surface area contributed by atoms with Crippen molar-refractivity contribution in [2.24, 2.45) is 5.14 Å². The van der Waals surface area contributed by atoms with Gasteiger partial charge in [-0.1, -0.05) is 6.07 Å². The molecule has 0 aromatic carbocycles. The fourth-order valence-electron chi connectivity index (χ4n) is 2.11. The van der Waals surface area contributed by atoms with Gasteiger partial charge in [-0.15, -0.1) is 0 Å². The number of nitrogens with two attached hydrogens (primary N) is 1. The molecule has 2 rings (SSSR count). The number of piperazine rings is 1. The summed E-state index contributed by atoms with van der Waals surface area (Å²) in [4.78, 5) is 4.08. The predicted octanol–water partition coefficient (Wildman–Crippen LogP) is -1.22. The summed E-state index contributed by atoms with van der Waals surface area (Å²) in [6.45, 7) is 0.422. The van der Waals surface area contributed by atoms with Crippen molar-refractivity contribution in [1.82, 2.24) is 13.6 Å². The van der Waals surface area contributed by atoms with E-state index in [2.05, 4.69) is 4.98 Å². The molecule has 8 nitrogen and oxygen atoms in total. The minimum absolute atomic E-state index is 0.0423. The van der Waals surface area contributed by atoms with Gasteiger partial charge < -0.3 is 0 Å². The van der Waals surface area contributed by atoms with E-state index in [1.807, 2.05) is 0 Å². The Bertz CT molecular complexity index is 667. The van der Waals surface area contributed by atoms with Gasteiger partial charge in [-0.25, -0.2) is 13.6 Å². The molecular formula is C11H18N4O4S2. The fraction of sp³-hybridized carbons (Fsp3) is 0.545. The first kappa shape index (κ1) is 16.3. The average Bonchev–Trinajstić information content (AvgIpc) is 2.46. The van der Waals surface area contributed by atoms with Gasteiger partial charge in [0.15, 0.2) is 0 Å². The number of hydrogen-bond donors (Lipinski definition) is 1.